The lowest BCUT2D eigenvalue weighted by molar-refractivity contribution is -0.138. The summed E-state index contributed by atoms with van der Waals surface area (Å²) in [7, 11) is 0. The molecule has 0 saturated carbocycles. The minimum atomic E-state index is -1.65. The Morgan fingerprint density at radius 2 is 1.91 bits per heavy atom. The monoisotopic (exact) mass is 218 g/mol. The molecule has 0 aromatic heterocycles. The van der Waals surface area contributed by atoms with E-state index in [0.717, 1.165) is 6.42 Å². The first kappa shape index (κ1) is 11.3. The molecule has 5 heteroatoms. The molecule has 0 aromatic carbocycles. The zero-order chi connectivity index (χ0) is 8.91. The van der Waals surface area contributed by atoms with Gasteiger partial charge in [0.2, 0.25) is 4.33 Å². The Hall–Kier alpha value is 0.340. The maximum absolute atomic E-state index is 10.3. The fourth-order valence-corrected chi connectivity index (χ4v) is 1.00. The molecule has 1 N–H and O–H groups in total. The largest absolute Gasteiger partial charge is 0.479 e. The van der Waals surface area contributed by atoms with Crippen molar-refractivity contribution in [1.82, 2.24) is 0 Å². The molecule has 0 heterocycles. The van der Waals surface area contributed by atoms with E-state index >= 15 is 0 Å². The van der Waals surface area contributed by atoms with Crippen molar-refractivity contribution in [3.05, 3.63) is 0 Å². The average molecular weight is 219 g/mol. The van der Waals surface area contributed by atoms with Crippen LogP contribution in [0, 0.1) is 0 Å². The number of hydrogen-bond donors (Lipinski definition) is 1. The van der Waals surface area contributed by atoms with Crippen molar-refractivity contribution in [3.8, 4) is 0 Å². The summed E-state index contributed by atoms with van der Waals surface area (Å²) in [5, 5.41) is 8.44. The number of carboxylic acids is 1. The van der Waals surface area contributed by atoms with Gasteiger partial charge in [0.05, 0.1) is 0 Å². The molecule has 0 aliphatic rings. The van der Waals surface area contributed by atoms with Crippen molar-refractivity contribution < 1.29 is 9.90 Å². The quantitative estimate of drug-likeness (QED) is 0.570. The smallest absolute Gasteiger partial charge is 0.340 e. The molecule has 0 rings (SSSR count). The van der Waals surface area contributed by atoms with Gasteiger partial charge in [0.25, 0.3) is 0 Å². The number of rotatable bonds is 5. The number of hydrogen-bond acceptors (Lipinski definition) is 1. The number of halogens is 3. The predicted molar refractivity (Wildman–Crippen MR) is 46.6 cm³/mol. The van der Waals surface area contributed by atoms with Crippen LogP contribution in [-0.4, -0.2) is 21.3 Å². The summed E-state index contributed by atoms with van der Waals surface area (Å²) < 4.78 is -1.65. The van der Waals surface area contributed by atoms with Gasteiger partial charge in [-0.25, -0.2) is 4.79 Å². The highest BCUT2D eigenvalue weighted by atomic mass is 35.5. The van der Waals surface area contributed by atoms with Crippen LogP contribution >= 0.6 is 34.8 Å². The fourth-order valence-electron chi connectivity index (χ4n) is 0.548. The van der Waals surface area contributed by atoms with Gasteiger partial charge in [0.15, 0.2) is 0 Å². The van der Waals surface area contributed by atoms with E-state index in [-0.39, 0.29) is 6.42 Å². The van der Waals surface area contributed by atoms with E-state index in [9.17, 15) is 4.79 Å². The minimum absolute atomic E-state index is 0.234. The van der Waals surface area contributed by atoms with E-state index in [1.54, 1.807) is 0 Å². The zero-order valence-electron chi connectivity index (χ0n) is 5.82. The standard InChI is InChI=1S/C6H9Cl3O2/c7-4-2-1-3-6(8,9)5(10)11/h1-4H2,(H,10,11). The maximum atomic E-state index is 10.3. The third-order valence-electron chi connectivity index (χ3n) is 1.19. The van der Waals surface area contributed by atoms with Crippen molar-refractivity contribution in [2.75, 3.05) is 5.88 Å². The highest BCUT2D eigenvalue weighted by Crippen LogP contribution is 2.27. The van der Waals surface area contributed by atoms with Crippen LogP contribution in [0.1, 0.15) is 19.3 Å². The zero-order valence-corrected chi connectivity index (χ0v) is 8.09. The minimum Gasteiger partial charge on any atom is -0.479 e. The second-order valence-corrected chi connectivity index (χ2v) is 4.02. The molecule has 0 aliphatic carbocycles. The highest BCUT2D eigenvalue weighted by molar-refractivity contribution is 6.57. The van der Waals surface area contributed by atoms with Crippen molar-refractivity contribution in [3.63, 3.8) is 0 Å². The van der Waals surface area contributed by atoms with Crippen LogP contribution in [0.5, 0.6) is 0 Å². The molecule has 0 unspecified atom stereocenters. The van der Waals surface area contributed by atoms with Crippen molar-refractivity contribution in [2.45, 2.75) is 23.6 Å². The first-order chi connectivity index (χ1) is 5.00. The second-order valence-electron chi connectivity index (χ2n) is 2.16. The van der Waals surface area contributed by atoms with Crippen LogP contribution in [-0.2, 0) is 4.79 Å². The Bertz CT molecular complexity index is 136. The molecule has 0 aromatic rings. The van der Waals surface area contributed by atoms with Crippen LogP contribution in [0.2, 0.25) is 0 Å². The van der Waals surface area contributed by atoms with Crippen LogP contribution < -0.4 is 0 Å². The predicted octanol–water partition coefficient (Wildman–Crippen LogP) is 2.65. The highest BCUT2D eigenvalue weighted by Gasteiger charge is 2.32. The van der Waals surface area contributed by atoms with Crippen LogP contribution in [0.4, 0.5) is 0 Å². The molecule has 0 fully saturated rings. The first-order valence-corrected chi connectivity index (χ1v) is 4.47. The van der Waals surface area contributed by atoms with E-state index in [1.165, 1.54) is 0 Å². The van der Waals surface area contributed by atoms with Gasteiger partial charge in [0.1, 0.15) is 0 Å². The van der Waals surface area contributed by atoms with Gasteiger partial charge in [-0.15, -0.1) is 11.6 Å². The number of carboxylic acid groups (broad SMARTS) is 1. The summed E-state index contributed by atoms with van der Waals surface area (Å²) in [6.45, 7) is 0. The molecule has 0 atom stereocenters. The van der Waals surface area contributed by atoms with Gasteiger partial charge < -0.3 is 5.11 Å². The summed E-state index contributed by atoms with van der Waals surface area (Å²) in [5.74, 6) is -0.695. The van der Waals surface area contributed by atoms with Crippen molar-refractivity contribution in [1.29, 1.82) is 0 Å². The van der Waals surface area contributed by atoms with Gasteiger partial charge in [-0.3, -0.25) is 0 Å². The second kappa shape index (κ2) is 5.07. The van der Waals surface area contributed by atoms with Crippen molar-refractivity contribution in [2.24, 2.45) is 0 Å². The molecular formula is C6H9Cl3O2. The number of aliphatic carboxylic acids is 1. The van der Waals surface area contributed by atoms with E-state index in [0.29, 0.717) is 12.3 Å². The molecule has 0 amide bonds. The van der Waals surface area contributed by atoms with E-state index in [1.807, 2.05) is 0 Å². The SMILES string of the molecule is O=C(O)C(Cl)(Cl)CCCCCl. The van der Waals surface area contributed by atoms with Crippen LogP contribution in [0.25, 0.3) is 0 Å². The summed E-state index contributed by atoms with van der Waals surface area (Å²) >= 11 is 16.2. The molecule has 0 saturated heterocycles. The van der Waals surface area contributed by atoms with Crippen molar-refractivity contribution >= 4 is 40.8 Å². The van der Waals surface area contributed by atoms with Gasteiger partial charge in [-0.2, -0.15) is 0 Å². The third kappa shape index (κ3) is 4.72. The summed E-state index contributed by atoms with van der Waals surface area (Å²) in [6.07, 6.45) is 1.59. The Balaban J connectivity index is 3.64. The normalized spacial score (nSPS) is 11.5. The van der Waals surface area contributed by atoms with Crippen LogP contribution in [0.15, 0.2) is 0 Å². The Labute approximate surface area is 80.4 Å². The summed E-state index contributed by atoms with van der Waals surface area (Å²) in [6, 6.07) is 0. The van der Waals surface area contributed by atoms with E-state index in [4.69, 9.17) is 39.9 Å². The first-order valence-electron chi connectivity index (χ1n) is 3.18. The summed E-state index contributed by atoms with van der Waals surface area (Å²) in [5.41, 5.74) is 0. The Morgan fingerprint density at radius 3 is 2.27 bits per heavy atom. The van der Waals surface area contributed by atoms with E-state index < -0.39 is 10.3 Å². The van der Waals surface area contributed by atoms with Gasteiger partial charge >= 0.3 is 5.97 Å². The molecule has 0 radical (unpaired) electrons. The molecule has 11 heavy (non-hydrogen) atoms. The fraction of sp³-hybridized carbons (Fsp3) is 0.833. The molecule has 2 nitrogen and oxygen atoms in total. The lowest BCUT2D eigenvalue weighted by Gasteiger charge is -2.12. The topological polar surface area (TPSA) is 37.3 Å². The van der Waals surface area contributed by atoms with Gasteiger partial charge in [-0.05, 0) is 19.3 Å². The molecule has 0 aliphatic heterocycles. The summed E-state index contributed by atoms with van der Waals surface area (Å²) in [4.78, 5) is 10.3. The average Bonchev–Trinajstić information content (AvgIpc) is 1.88. The lowest BCUT2D eigenvalue weighted by atomic mass is 10.2. The number of alkyl halides is 3. The van der Waals surface area contributed by atoms with E-state index in [2.05, 4.69) is 0 Å². The maximum Gasteiger partial charge on any atom is 0.340 e. The Morgan fingerprint density at radius 1 is 1.36 bits per heavy atom. The number of unbranched alkanes of at least 4 members (excludes halogenated alkanes) is 1. The number of carbonyl (C=O) groups is 1. The molecule has 66 valence electrons. The molecular weight excluding hydrogens is 210 g/mol. The Kier molecular flexibility index (Phi) is 5.23. The molecule has 0 spiro atoms. The molecule has 0 bridgehead atoms. The third-order valence-corrected chi connectivity index (χ3v) is 2.16. The van der Waals surface area contributed by atoms with Gasteiger partial charge in [0, 0.05) is 5.88 Å². The van der Waals surface area contributed by atoms with Gasteiger partial charge in [-0.1, -0.05) is 23.2 Å². The lowest BCUT2D eigenvalue weighted by Crippen LogP contribution is -2.25. The van der Waals surface area contributed by atoms with Crippen LogP contribution in [0.3, 0.4) is 0 Å².